The molecule has 1 aromatic carbocycles. The number of carbonyl (C=O) groups excluding carboxylic acids is 1. The fraction of sp³-hybridized carbons (Fsp3) is 0.278. The maximum atomic E-state index is 12.0. The van der Waals surface area contributed by atoms with E-state index in [9.17, 15) is 4.79 Å². The zero-order chi connectivity index (χ0) is 17.4. The lowest BCUT2D eigenvalue weighted by Gasteiger charge is -2.18. The van der Waals surface area contributed by atoms with Gasteiger partial charge in [0.1, 0.15) is 0 Å². The average molecular weight is 337 g/mol. The summed E-state index contributed by atoms with van der Waals surface area (Å²) in [7, 11) is 0. The minimum atomic E-state index is -0.593. The SMILES string of the molecule is NC(=O)c1nnc2[nH]cc3c2c1-c1ccccc1NC3CCCCO. The number of carbonyl (C=O) groups is 1. The monoisotopic (exact) mass is 337 g/mol. The highest BCUT2D eigenvalue weighted by Crippen LogP contribution is 2.43. The van der Waals surface area contributed by atoms with Gasteiger partial charge < -0.3 is 21.1 Å². The molecule has 7 heteroatoms. The number of aliphatic hydroxyl groups excluding tert-OH is 1. The fourth-order valence-electron chi connectivity index (χ4n) is 3.53. The van der Waals surface area contributed by atoms with E-state index in [1.54, 1.807) is 0 Å². The molecule has 0 fully saturated rings. The van der Waals surface area contributed by atoms with E-state index in [1.165, 1.54) is 0 Å². The van der Waals surface area contributed by atoms with E-state index < -0.39 is 5.91 Å². The van der Waals surface area contributed by atoms with Crippen molar-refractivity contribution in [3.05, 3.63) is 41.7 Å². The number of amides is 1. The Labute approximate surface area is 144 Å². The number of primary amides is 1. The molecule has 5 N–H and O–H groups in total. The third-order valence-electron chi connectivity index (χ3n) is 4.66. The molecule has 2 aromatic heterocycles. The number of H-pyrrole nitrogens is 1. The van der Waals surface area contributed by atoms with Crippen LogP contribution in [0.1, 0.15) is 41.4 Å². The fourth-order valence-corrected chi connectivity index (χ4v) is 3.53. The van der Waals surface area contributed by atoms with Crippen molar-refractivity contribution < 1.29 is 9.90 Å². The minimum Gasteiger partial charge on any atom is -0.396 e. The number of hydrogen-bond acceptors (Lipinski definition) is 5. The number of rotatable bonds is 5. The summed E-state index contributed by atoms with van der Waals surface area (Å²) >= 11 is 0. The van der Waals surface area contributed by atoms with Gasteiger partial charge in [0.05, 0.1) is 6.04 Å². The number of nitrogens with one attached hydrogen (secondary N) is 2. The summed E-state index contributed by atoms with van der Waals surface area (Å²) in [6, 6.07) is 7.87. The summed E-state index contributed by atoms with van der Waals surface area (Å²) in [6.07, 6.45) is 4.41. The first-order valence-corrected chi connectivity index (χ1v) is 8.35. The van der Waals surface area contributed by atoms with Crippen LogP contribution >= 0.6 is 0 Å². The third-order valence-corrected chi connectivity index (χ3v) is 4.66. The van der Waals surface area contributed by atoms with Crippen LogP contribution in [-0.2, 0) is 0 Å². The average Bonchev–Trinajstić information content (AvgIpc) is 2.98. The minimum absolute atomic E-state index is 0.0487. The molecule has 0 aliphatic carbocycles. The van der Waals surface area contributed by atoms with Crippen LogP contribution in [0.2, 0.25) is 0 Å². The molecule has 128 valence electrons. The predicted molar refractivity (Wildman–Crippen MR) is 95.1 cm³/mol. The Balaban J connectivity index is 1.98. The maximum Gasteiger partial charge on any atom is 0.269 e. The number of unbranched alkanes of at least 4 members (excludes halogenated alkanes) is 1. The van der Waals surface area contributed by atoms with Crippen molar-refractivity contribution in [1.29, 1.82) is 0 Å². The van der Waals surface area contributed by atoms with Crippen LogP contribution in [0, 0.1) is 0 Å². The predicted octanol–water partition coefficient (Wildman–Crippen LogP) is 2.35. The number of para-hydroxylation sites is 1. The standard InChI is InChI=1S/C18H19N5O2/c19-17(25)16-14-10-5-1-2-6-12(10)21-13(7-3-4-8-24)11-9-20-18(15(11)14)23-22-16/h1-2,5-6,9,13,21,24H,3-4,7-8H2,(H2,19,25)(H,20,23). The second kappa shape index (κ2) is 6.18. The first-order valence-electron chi connectivity index (χ1n) is 8.35. The molecule has 1 aliphatic rings. The van der Waals surface area contributed by atoms with Crippen molar-refractivity contribution in [3.63, 3.8) is 0 Å². The first kappa shape index (κ1) is 15.6. The van der Waals surface area contributed by atoms with Gasteiger partial charge in [-0.15, -0.1) is 10.2 Å². The van der Waals surface area contributed by atoms with Gasteiger partial charge >= 0.3 is 0 Å². The number of anilines is 1. The van der Waals surface area contributed by atoms with Crippen LogP contribution in [0.15, 0.2) is 30.5 Å². The van der Waals surface area contributed by atoms with Gasteiger partial charge in [0.15, 0.2) is 11.3 Å². The quantitative estimate of drug-likeness (QED) is 0.533. The summed E-state index contributed by atoms with van der Waals surface area (Å²) in [5.74, 6) is -0.593. The second-order valence-corrected chi connectivity index (χ2v) is 6.22. The van der Waals surface area contributed by atoms with Crippen molar-refractivity contribution in [2.75, 3.05) is 11.9 Å². The van der Waals surface area contributed by atoms with Gasteiger partial charge in [-0.25, -0.2) is 0 Å². The Hall–Kier alpha value is -2.93. The third kappa shape index (κ3) is 2.53. The highest BCUT2D eigenvalue weighted by Gasteiger charge is 2.28. The molecular weight excluding hydrogens is 318 g/mol. The van der Waals surface area contributed by atoms with Crippen LogP contribution in [0.3, 0.4) is 0 Å². The molecule has 1 aliphatic heterocycles. The van der Waals surface area contributed by atoms with Gasteiger partial charge in [0.25, 0.3) is 5.91 Å². The van der Waals surface area contributed by atoms with Crippen molar-refractivity contribution in [3.8, 4) is 11.1 Å². The largest absolute Gasteiger partial charge is 0.396 e. The van der Waals surface area contributed by atoms with E-state index in [1.807, 2.05) is 30.5 Å². The Bertz CT molecular complexity index is 950. The smallest absolute Gasteiger partial charge is 0.269 e. The summed E-state index contributed by atoms with van der Waals surface area (Å²) in [6.45, 7) is 0.180. The Kier molecular flexibility index (Phi) is 3.85. The van der Waals surface area contributed by atoms with Gasteiger partial charge in [-0.1, -0.05) is 18.2 Å². The molecule has 0 radical (unpaired) electrons. The second-order valence-electron chi connectivity index (χ2n) is 6.22. The van der Waals surface area contributed by atoms with E-state index in [2.05, 4.69) is 20.5 Å². The summed E-state index contributed by atoms with van der Waals surface area (Å²) in [4.78, 5) is 15.1. The highest BCUT2D eigenvalue weighted by molar-refractivity contribution is 6.09. The molecule has 0 saturated carbocycles. The van der Waals surface area contributed by atoms with Gasteiger partial charge in [0, 0.05) is 40.6 Å². The van der Waals surface area contributed by atoms with Crippen LogP contribution < -0.4 is 11.1 Å². The Morgan fingerprint density at radius 2 is 2.08 bits per heavy atom. The lowest BCUT2D eigenvalue weighted by molar-refractivity contribution is 0.0995. The van der Waals surface area contributed by atoms with Crippen molar-refractivity contribution >= 4 is 22.6 Å². The van der Waals surface area contributed by atoms with Crippen molar-refractivity contribution in [1.82, 2.24) is 15.2 Å². The first-order chi connectivity index (χ1) is 12.2. The number of fused-ring (bicyclic) bond motifs is 2. The van der Waals surface area contributed by atoms with E-state index in [0.717, 1.165) is 47.0 Å². The number of hydrogen-bond donors (Lipinski definition) is 4. The molecule has 1 unspecified atom stereocenters. The van der Waals surface area contributed by atoms with Crippen molar-refractivity contribution in [2.45, 2.75) is 25.3 Å². The number of aromatic nitrogens is 3. The molecule has 1 amide bonds. The molecule has 25 heavy (non-hydrogen) atoms. The lowest BCUT2D eigenvalue weighted by atomic mass is 9.96. The molecular formula is C18H19N5O2. The Morgan fingerprint density at radius 3 is 2.88 bits per heavy atom. The zero-order valence-corrected chi connectivity index (χ0v) is 13.6. The molecule has 0 bridgehead atoms. The number of aromatic amines is 1. The van der Waals surface area contributed by atoms with Crippen LogP contribution in [-0.4, -0.2) is 32.8 Å². The molecule has 7 nitrogen and oxygen atoms in total. The molecule has 3 heterocycles. The topological polar surface area (TPSA) is 117 Å². The highest BCUT2D eigenvalue weighted by atomic mass is 16.2. The van der Waals surface area contributed by atoms with Crippen molar-refractivity contribution in [2.24, 2.45) is 5.73 Å². The number of nitrogens with zero attached hydrogens (tertiary/aromatic N) is 2. The molecule has 0 saturated heterocycles. The number of aliphatic hydroxyl groups is 1. The van der Waals surface area contributed by atoms with Gasteiger partial charge in [0.2, 0.25) is 0 Å². The maximum absolute atomic E-state index is 12.0. The lowest BCUT2D eigenvalue weighted by Crippen LogP contribution is -2.15. The summed E-state index contributed by atoms with van der Waals surface area (Å²) in [5, 5.41) is 21.7. The Morgan fingerprint density at radius 1 is 1.24 bits per heavy atom. The number of benzene rings is 1. The zero-order valence-electron chi connectivity index (χ0n) is 13.6. The van der Waals surface area contributed by atoms with Gasteiger partial charge in [-0.05, 0) is 25.3 Å². The molecule has 0 spiro atoms. The van der Waals surface area contributed by atoms with Crippen LogP contribution in [0.25, 0.3) is 22.2 Å². The molecule has 3 aromatic rings. The van der Waals surface area contributed by atoms with E-state index in [4.69, 9.17) is 10.8 Å². The number of nitrogens with two attached hydrogens (primary N) is 1. The van der Waals surface area contributed by atoms with Gasteiger partial charge in [-0.2, -0.15) is 0 Å². The summed E-state index contributed by atoms with van der Waals surface area (Å²) in [5.41, 5.74) is 9.97. The normalized spacial score (nSPS) is 15.5. The van der Waals surface area contributed by atoms with Gasteiger partial charge in [-0.3, -0.25) is 4.79 Å². The molecule has 4 rings (SSSR count). The van der Waals surface area contributed by atoms with Crippen LogP contribution in [0.5, 0.6) is 0 Å². The molecule has 1 atom stereocenters. The van der Waals surface area contributed by atoms with Crippen LogP contribution in [0.4, 0.5) is 5.69 Å². The van der Waals surface area contributed by atoms with E-state index in [-0.39, 0.29) is 18.3 Å². The summed E-state index contributed by atoms with van der Waals surface area (Å²) < 4.78 is 0. The van der Waals surface area contributed by atoms with E-state index >= 15 is 0 Å². The van der Waals surface area contributed by atoms with E-state index in [0.29, 0.717) is 5.65 Å².